The third-order valence-electron chi connectivity index (χ3n) is 15.7. The Morgan fingerprint density at radius 2 is 0.701 bits per heavy atom. The summed E-state index contributed by atoms with van der Waals surface area (Å²) < 4.78 is 56.6. The van der Waals surface area contributed by atoms with Gasteiger partial charge in [0.05, 0.1) is 94.2 Å². The maximum Gasteiger partial charge on any atom is 0.205 e. The van der Waals surface area contributed by atoms with Crippen LogP contribution in [0.5, 0.6) is 23.0 Å². The minimum atomic E-state index is -1.85. The summed E-state index contributed by atoms with van der Waals surface area (Å²) in [5.74, 6) is -16.7. The van der Waals surface area contributed by atoms with E-state index in [4.69, 9.17) is 11.6 Å². The van der Waals surface area contributed by atoms with Crippen LogP contribution < -0.4 is 21.3 Å². The van der Waals surface area contributed by atoms with Gasteiger partial charge in [-0.3, -0.25) is 19.2 Å². The number of ketones is 4. The van der Waals surface area contributed by atoms with Crippen LogP contribution in [0.25, 0.3) is 0 Å². The molecule has 4 heterocycles. The lowest BCUT2D eigenvalue weighted by Crippen LogP contribution is -2.57. The van der Waals surface area contributed by atoms with Crippen LogP contribution in [0.4, 0.5) is 40.3 Å². The van der Waals surface area contributed by atoms with Crippen LogP contribution in [0.3, 0.4) is 0 Å². The minimum Gasteiger partial charge on any atom is -0.504 e. The van der Waals surface area contributed by atoms with E-state index in [0.29, 0.717) is 77.6 Å². The fourth-order valence-corrected chi connectivity index (χ4v) is 11.4. The molecule has 77 heavy (non-hydrogen) atoms. The molecule has 25 heteroatoms. The van der Waals surface area contributed by atoms with Gasteiger partial charge in [-0.25, -0.2) is 20.8 Å². The molecule has 0 atom stereocenters. The van der Waals surface area contributed by atoms with Gasteiger partial charge < -0.3 is 41.7 Å². The number of nitrogens with one attached hydrogen (secondary N) is 4. The van der Waals surface area contributed by atoms with Gasteiger partial charge in [-0.15, -0.1) is 0 Å². The standard InChI is InChI=1S/C27H32F2N4O6.C24H25ClF2N4O6.CH4/c1-15-14-16(30-6-12-32(38)8-2-3-9-32)17-18(23(15)31-7-13-33(39)10-4-5-11-33)25(35)20-19(24(17)34)26(36)21(28)22(29)27(20)37;25-12-11-13(28-3-9-30(36)5-1-6-30)14-15(20(12)29-4-10-31(37)7-2-8-31)22(33)17-16(21(14)32)23(34)18(26)19(27)24(17)35;/h14,38-39H,2-13H2,1H3,(H2-2,30,31,34,35,36,37);11,36-37H,1-10H2,(H2-2,28,29,32,33,34,35);1H4/p+4. The molecular weight excluding hydrogens is 1040 g/mol. The van der Waals surface area contributed by atoms with Crippen molar-refractivity contribution in [3.8, 4) is 23.0 Å². The Kier molecular flexibility index (Phi) is 15.8. The number of benzene rings is 4. The van der Waals surface area contributed by atoms with Crippen LogP contribution in [0.15, 0.2) is 12.1 Å². The Bertz CT molecular complexity index is 3090. The minimum absolute atomic E-state index is 0. The monoisotopic (exact) mass is 1100 g/mol. The van der Waals surface area contributed by atoms with Crippen molar-refractivity contribution in [3.05, 3.63) is 90.5 Å². The van der Waals surface area contributed by atoms with E-state index in [9.17, 15) is 78.0 Å². The fourth-order valence-electron chi connectivity index (χ4n) is 11.1. The number of rotatable bonds is 16. The van der Waals surface area contributed by atoms with Crippen LogP contribution >= 0.6 is 11.6 Å². The number of hydroxylamine groups is 12. The Morgan fingerprint density at radius 1 is 0.429 bits per heavy atom. The molecule has 4 fully saturated rings. The number of likely N-dealkylation sites (tertiary alicyclic amines) is 4. The number of hydrogen-bond acceptors (Lipinski definition) is 16. The number of anilines is 4. The molecule has 0 radical (unpaired) electrons. The molecule has 4 aliphatic heterocycles. The summed E-state index contributed by atoms with van der Waals surface area (Å²) in [4.78, 5) is 54.6. The highest BCUT2D eigenvalue weighted by atomic mass is 35.5. The summed E-state index contributed by atoms with van der Waals surface area (Å²) in [6.07, 6.45) is 5.33. The number of aromatic hydroxyl groups is 4. The molecule has 0 bridgehead atoms. The number of halogens is 5. The van der Waals surface area contributed by atoms with Gasteiger partial charge in [0.25, 0.3) is 0 Å². The third-order valence-corrected chi connectivity index (χ3v) is 16.0. The molecule has 416 valence electrons. The molecule has 10 rings (SSSR count). The molecule has 0 spiro atoms. The highest BCUT2D eigenvalue weighted by molar-refractivity contribution is 6.39. The van der Waals surface area contributed by atoms with Crippen molar-refractivity contribution in [3.63, 3.8) is 0 Å². The van der Waals surface area contributed by atoms with Crippen LogP contribution in [-0.4, -0.2) is 188 Å². The molecule has 6 aliphatic rings. The van der Waals surface area contributed by atoms with Gasteiger partial charge in [0.1, 0.15) is 78.5 Å². The summed E-state index contributed by atoms with van der Waals surface area (Å²) in [5.41, 5.74) is -2.95. The largest absolute Gasteiger partial charge is 0.504 e. The van der Waals surface area contributed by atoms with E-state index in [1.807, 2.05) is 0 Å². The van der Waals surface area contributed by atoms with Gasteiger partial charge in [0.2, 0.25) is 46.4 Å². The maximum absolute atomic E-state index is 14.4. The highest BCUT2D eigenvalue weighted by Gasteiger charge is 2.45. The zero-order valence-corrected chi connectivity index (χ0v) is 42.4. The number of quaternary nitrogens is 4. The van der Waals surface area contributed by atoms with Crippen molar-refractivity contribution in [2.45, 2.75) is 52.9 Å². The molecule has 0 amide bonds. The normalized spacial score (nSPS) is 18.8. The SMILES string of the molecule is C.Cc1cc(NCC[N+]2(O)CCCC2)c2c(c1NCC[N+]1(O)CCCC1)C(=O)c1c(O)c(F)c(F)c(O)c1C2=O.O=C1c2c(NCC[N+]3(O)CCC3)cc(Cl)c(NCC[N+]3(O)CCC3)c2C(=O)c2c(O)c(F)c(F)c(O)c21. The lowest BCUT2D eigenvalue weighted by molar-refractivity contribution is -1.13. The fraction of sp³-hybridized carbons (Fsp3) is 0.462. The van der Waals surface area contributed by atoms with E-state index in [1.54, 1.807) is 13.0 Å². The Hall–Kier alpha value is -6.35. The maximum atomic E-state index is 14.4. The smallest absolute Gasteiger partial charge is 0.205 e. The number of carbonyl (C=O) groups is 4. The molecular formula is C52H65ClF4N8O12+4. The van der Waals surface area contributed by atoms with Crippen molar-refractivity contribution < 1.29 is 96.6 Å². The van der Waals surface area contributed by atoms with E-state index in [-0.39, 0.29) is 109 Å². The Morgan fingerprint density at radius 3 is 1.03 bits per heavy atom. The van der Waals surface area contributed by atoms with Gasteiger partial charge in [-0.05, 0) is 24.6 Å². The molecule has 12 N–H and O–H groups in total. The second kappa shape index (κ2) is 21.5. The first kappa shape index (κ1) is 56.8. The van der Waals surface area contributed by atoms with E-state index in [1.165, 1.54) is 6.07 Å². The predicted molar refractivity (Wildman–Crippen MR) is 271 cm³/mol. The van der Waals surface area contributed by atoms with Gasteiger partial charge in [-0.1, -0.05) is 19.0 Å². The summed E-state index contributed by atoms with van der Waals surface area (Å²) in [5, 5.41) is 95.4. The van der Waals surface area contributed by atoms with E-state index < -0.39 is 91.7 Å². The topological polar surface area (TPSA) is 278 Å². The molecule has 0 unspecified atom stereocenters. The number of carbonyl (C=O) groups excluding carboxylic acids is 4. The van der Waals surface area contributed by atoms with Crippen molar-refractivity contribution in [1.82, 2.24) is 0 Å². The molecule has 20 nitrogen and oxygen atoms in total. The Labute approximate surface area is 445 Å². The first-order valence-corrected chi connectivity index (χ1v) is 25.7. The second-order valence-corrected chi connectivity index (χ2v) is 21.2. The summed E-state index contributed by atoms with van der Waals surface area (Å²) in [6, 6.07) is 3.03. The zero-order chi connectivity index (χ0) is 54.8. The number of fused-ring (bicyclic) bond motifs is 4. The van der Waals surface area contributed by atoms with Gasteiger partial charge in [0, 0.05) is 42.7 Å². The zero-order valence-electron chi connectivity index (χ0n) is 41.6. The average Bonchev–Trinajstić information content (AvgIpc) is 4.02. The predicted octanol–water partition coefficient (Wildman–Crippen LogP) is 6.77. The van der Waals surface area contributed by atoms with E-state index in [2.05, 4.69) is 21.3 Å². The quantitative estimate of drug-likeness (QED) is 0.0271. The molecule has 0 saturated carbocycles. The van der Waals surface area contributed by atoms with Crippen LogP contribution in [0, 0.1) is 30.2 Å². The van der Waals surface area contributed by atoms with Crippen molar-refractivity contribution in [2.75, 3.05) is 126 Å². The number of phenolic OH excluding ortho intramolecular Hbond substituents is 4. The van der Waals surface area contributed by atoms with Crippen molar-refractivity contribution in [2.24, 2.45) is 0 Å². The molecule has 4 aromatic carbocycles. The first-order valence-electron chi connectivity index (χ1n) is 25.3. The third kappa shape index (κ3) is 10.3. The van der Waals surface area contributed by atoms with Gasteiger partial charge in [0.15, 0.2) is 23.0 Å². The highest BCUT2D eigenvalue weighted by Crippen LogP contribution is 2.48. The van der Waals surface area contributed by atoms with E-state index >= 15 is 0 Å². The lowest BCUT2D eigenvalue weighted by atomic mass is 9.80. The van der Waals surface area contributed by atoms with Crippen LogP contribution in [0.1, 0.15) is 115 Å². The van der Waals surface area contributed by atoms with E-state index in [0.717, 1.165) is 38.5 Å². The molecule has 2 aliphatic carbocycles. The molecule has 0 aromatic heterocycles. The number of aryl methyl sites for hydroxylation is 1. The molecule has 4 aromatic rings. The summed E-state index contributed by atoms with van der Waals surface area (Å²) >= 11 is 6.51. The molecule has 4 saturated heterocycles. The van der Waals surface area contributed by atoms with Gasteiger partial charge >= 0.3 is 0 Å². The van der Waals surface area contributed by atoms with Gasteiger partial charge in [-0.2, -0.15) is 36.1 Å². The van der Waals surface area contributed by atoms with Crippen molar-refractivity contribution >= 4 is 57.5 Å². The first-order chi connectivity index (χ1) is 35.9. The average molecular weight is 1110 g/mol. The van der Waals surface area contributed by atoms with Crippen molar-refractivity contribution in [1.29, 1.82) is 0 Å². The Balaban J connectivity index is 0.000000201. The van der Waals surface area contributed by atoms with Crippen LogP contribution in [-0.2, 0) is 0 Å². The lowest BCUT2D eigenvalue weighted by Gasteiger charge is -2.37. The summed E-state index contributed by atoms with van der Waals surface area (Å²) in [6.45, 7) is 8.58. The number of hydrogen-bond donors (Lipinski definition) is 12. The number of phenols is 4. The number of nitrogens with zero attached hydrogens (tertiary/aromatic N) is 4. The second-order valence-electron chi connectivity index (χ2n) is 20.8. The summed E-state index contributed by atoms with van der Waals surface area (Å²) in [7, 11) is 0. The van der Waals surface area contributed by atoms with Crippen LogP contribution in [0.2, 0.25) is 5.02 Å².